The molecule has 0 saturated carbocycles. The van der Waals surface area contributed by atoms with Crippen LogP contribution < -0.4 is 65.1 Å². The number of aliphatic carboxylic acids is 2. The Morgan fingerprint density at radius 2 is 0.950 bits per heavy atom. The van der Waals surface area contributed by atoms with Gasteiger partial charge in [-0.1, -0.05) is 75.7 Å². The highest BCUT2D eigenvalue weighted by atomic mass is 32.1. The van der Waals surface area contributed by atoms with Gasteiger partial charge in [-0.3, -0.25) is 52.7 Å². The number of rotatable bonds is 38. The molecule has 0 aliphatic carbocycles. The molecule has 0 aliphatic heterocycles. The van der Waals surface area contributed by atoms with E-state index in [0.29, 0.717) is 31.5 Å². The van der Waals surface area contributed by atoms with E-state index in [2.05, 4.69) is 70.4 Å². The van der Waals surface area contributed by atoms with Crippen LogP contribution in [0.4, 0.5) is 0 Å². The fraction of sp³-hybridized carbons (Fsp3) is 0.706. The summed E-state index contributed by atoms with van der Waals surface area (Å²) in [6, 6.07) is -13.9. The van der Waals surface area contributed by atoms with Crippen LogP contribution in [0.3, 0.4) is 0 Å². The summed E-state index contributed by atoms with van der Waals surface area (Å²) >= 11 is 4.22. The second-order valence-corrected chi connectivity index (χ2v) is 22.0. The highest BCUT2D eigenvalue weighted by Crippen LogP contribution is 2.13. The first-order valence-corrected chi connectivity index (χ1v) is 27.5. The Bertz CT molecular complexity index is 2250. The number of H-pyrrole nitrogens is 1. The lowest BCUT2D eigenvalue weighted by molar-refractivity contribution is -0.144. The second kappa shape index (κ2) is 35.7. The van der Waals surface area contributed by atoms with E-state index in [9.17, 15) is 67.7 Å². The molecule has 0 bridgehead atoms. The van der Waals surface area contributed by atoms with Crippen LogP contribution in [0.25, 0.3) is 0 Å². The zero-order valence-electron chi connectivity index (χ0n) is 47.5. The van der Waals surface area contributed by atoms with Crippen LogP contribution in [0, 0.1) is 29.6 Å². The average Bonchev–Trinajstić information content (AvgIpc) is 3.88. The largest absolute Gasteiger partial charge is 0.481 e. The van der Waals surface area contributed by atoms with Crippen LogP contribution in [0.2, 0.25) is 0 Å². The van der Waals surface area contributed by atoms with Crippen molar-refractivity contribution in [3.8, 4) is 0 Å². The number of imidazole rings is 1. The van der Waals surface area contributed by atoms with Crippen molar-refractivity contribution in [1.82, 2.24) is 57.8 Å². The molecule has 1 aromatic rings. The van der Waals surface area contributed by atoms with Crippen LogP contribution in [-0.4, -0.2) is 164 Å². The number of carboxylic acids is 2. The van der Waals surface area contributed by atoms with Gasteiger partial charge in [-0.05, 0) is 68.2 Å². The first-order chi connectivity index (χ1) is 37.3. The summed E-state index contributed by atoms with van der Waals surface area (Å²) in [4.78, 5) is 167. The van der Waals surface area contributed by atoms with E-state index in [0.717, 1.165) is 0 Å². The molecule has 29 heteroatoms. The highest BCUT2D eigenvalue weighted by molar-refractivity contribution is 7.80. The molecule has 0 unspecified atom stereocenters. The van der Waals surface area contributed by atoms with E-state index in [4.69, 9.17) is 17.2 Å². The Hall–Kier alpha value is -6.88. The van der Waals surface area contributed by atoms with Crippen molar-refractivity contribution in [1.29, 1.82) is 0 Å². The smallest absolute Gasteiger partial charge is 0.326 e. The maximum atomic E-state index is 14.2. The number of carbonyl (C=O) groups excluding carboxylic acids is 10. The summed E-state index contributed by atoms with van der Waals surface area (Å²) in [5.41, 5.74) is 17.4. The minimum Gasteiger partial charge on any atom is -0.481 e. The number of primary amides is 1. The fourth-order valence-corrected chi connectivity index (χ4v) is 8.23. The third-order valence-corrected chi connectivity index (χ3v) is 12.8. The zero-order chi connectivity index (χ0) is 61.1. The zero-order valence-corrected chi connectivity index (χ0v) is 48.4. The molecular weight excluding hydrogens is 1060 g/mol. The Kier molecular flexibility index (Phi) is 31.7. The lowest BCUT2D eigenvalue weighted by atomic mass is 9.99. The molecule has 18 N–H and O–H groups in total. The SMILES string of the molecule is CC(C)C[C@H](NC(=O)[C@H](CC(=O)O)NC(=O)[C@@H](NC(=O)[C@H](CS)NC(=O)[C@H](CCC(N)=O)NC(=O)[C@H](CC(C)C)NC(=O)[C@@H](N)CCCCN)C(C)C)C(=O)N[C@@H](Cc1cnc[nH]1)C(=O)N[C@H](C(=O)N[C@H](C(=O)O)C(C)C)C(C)C. The first kappa shape index (κ1) is 71.1. The van der Waals surface area contributed by atoms with Gasteiger partial charge >= 0.3 is 11.9 Å². The van der Waals surface area contributed by atoms with Gasteiger partial charge in [0.2, 0.25) is 59.1 Å². The van der Waals surface area contributed by atoms with Gasteiger partial charge in [0.25, 0.3) is 0 Å². The van der Waals surface area contributed by atoms with E-state index in [-0.39, 0.29) is 49.7 Å². The predicted molar refractivity (Wildman–Crippen MR) is 296 cm³/mol. The van der Waals surface area contributed by atoms with Crippen molar-refractivity contribution in [2.75, 3.05) is 12.3 Å². The minimum absolute atomic E-state index is 0.0686. The average molecular weight is 1150 g/mol. The lowest BCUT2D eigenvalue weighted by Crippen LogP contribution is -2.62. The third kappa shape index (κ3) is 25.9. The fourth-order valence-electron chi connectivity index (χ4n) is 7.97. The molecule has 1 aromatic heterocycles. The molecule has 0 saturated heterocycles. The molecule has 0 radical (unpaired) electrons. The van der Waals surface area contributed by atoms with Crippen molar-refractivity contribution in [3.63, 3.8) is 0 Å². The van der Waals surface area contributed by atoms with Crippen molar-refractivity contribution < 1.29 is 67.7 Å². The van der Waals surface area contributed by atoms with Crippen LogP contribution in [-0.2, 0) is 64.0 Å². The Labute approximate surface area is 472 Å². The molecule has 0 aromatic carbocycles. The monoisotopic (exact) mass is 1150 g/mol. The van der Waals surface area contributed by atoms with Gasteiger partial charge in [-0.15, -0.1) is 0 Å². The van der Waals surface area contributed by atoms with Gasteiger partial charge in [-0.2, -0.15) is 12.6 Å². The number of unbranched alkanes of at least 4 members (excludes halogenated alkanes) is 1. The predicted octanol–water partition coefficient (Wildman–Crippen LogP) is -2.41. The van der Waals surface area contributed by atoms with Gasteiger partial charge in [-0.25, -0.2) is 9.78 Å². The number of carboxylic acid groups (broad SMARTS) is 2. The first-order valence-electron chi connectivity index (χ1n) is 26.8. The van der Waals surface area contributed by atoms with Crippen molar-refractivity contribution in [2.45, 2.75) is 187 Å². The maximum Gasteiger partial charge on any atom is 0.326 e. The number of amides is 10. The Balaban J connectivity index is 3.43. The maximum absolute atomic E-state index is 14.2. The van der Waals surface area contributed by atoms with Gasteiger partial charge < -0.3 is 80.2 Å². The number of nitrogens with zero attached hydrogens (tertiary/aromatic N) is 1. The van der Waals surface area contributed by atoms with E-state index in [1.165, 1.54) is 26.4 Å². The molecule has 1 rings (SSSR count). The lowest BCUT2D eigenvalue weighted by Gasteiger charge is -2.29. The summed E-state index contributed by atoms with van der Waals surface area (Å²) in [5.74, 6) is -14.3. The number of nitrogens with two attached hydrogens (primary N) is 3. The molecule has 28 nitrogen and oxygen atoms in total. The van der Waals surface area contributed by atoms with E-state index in [1.807, 2.05) is 0 Å². The molecule has 10 atom stereocenters. The van der Waals surface area contributed by atoms with Crippen molar-refractivity contribution >= 4 is 83.6 Å². The number of nitrogens with one attached hydrogen (secondary N) is 10. The topological polar surface area (TPSA) is 460 Å². The summed E-state index contributed by atoms with van der Waals surface area (Å²) in [5, 5.41) is 42.1. The molecule has 0 aliphatic rings. The van der Waals surface area contributed by atoms with Crippen molar-refractivity contribution in [2.24, 2.45) is 46.8 Å². The minimum atomic E-state index is -1.86. The number of aromatic amines is 1. The number of carbonyl (C=O) groups is 12. The van der Waals surface area contributed by atoms with Gasteiger partial charge in [0, 0.05) is 30.5 Å². The molecule has 0 fully saturated rings. The van der Waals surface area contributed by atoms with Gasteiger partial charge in [0.15, 0.2) is 0 Å². The van der Waals surface area contributed by atoms with Crippen LogP contribution in [0.1, 0.15) is 126 Å². The molecule has 452 valence electrons. The molecule has 80 heavy (non-hydrogen) atoms. The van der Waals surface area contributed by atoms with Gasteiger partial charge in [0.1, 0.15) is 54.4 Å². The highest BCUT2D eigenvalue weighted by Gasteiger charge is 2.38. The summed E-state index contributed by atoms with van der Waals surface area (Å²) in [6.07, 6.45) is 2.38. The quantitative estimate of drug-likeness (QED) is 0.0242. The van der Waals surface area contributed by atoms with Crippen LogP contribution >= 0.6 is 12.6 Å². The summed E-state index contributed by atoms with van der Waals surface area (Å²) < 4.78 is 0. The molecule has 10 amide bonds. The third-order valence-electron chi connectivity index (χ3n) is 12.5. The van der Waals surface area contributed by atoms with Crippen LogP contribution in [0.15, 0.2) is 12.5 Å². The van der Waals surface area contributed by atoms with Gasteiger partial charge in [0.05, 0.1) is 18.8 Å². The molecular formula is C51H88N14O14S. The number of aromatic nitrogens is 2. The number of thiol groups is 1. The molecule has 1 heterocycles. The summed E-state index contributed by atoms with van der Waals surface area (Å²) in [7, 11) is 0. The number of hydrogen-bond acceptors (Lipinski definition) is 16. The second-order valence-electron chi connectivity index (χ2n) is 21.6. The Morgan fingerprint density at radius 3 is 1.39 bits per heavy atom. The normalized spacial score (nSPS) is 15.2. The van der Waals surface area contributed by atoms with Crippen LogP contribution in [0.5, 0.6) is 0 Å². The van der Waals surface area contributed by atoms with E-state index in [1.54, 1.807) is 55.4 Å². The molecule has 0 spiro atoms. The van der Waals surface area contributed by atoms with Crippen molar-refractivity contribution in [3.05, 3.63) is 18.2 Å². The Morgan fingerprint density at radius 1 is 0.537 bits per heavy atom. The van der Waals surface area contributed by atoms with E-state index >= 15 is 0 Å². The standard InChI is InChI=1S/C51H88N14O14S/c1-24(2)17-32(58-42(69)30(53)13-11-12-16-52)44(71)57-31(14-15-37(54)66)43(70)62-36(22-80)48(75)64-39(26(5)6)49(76)61-35(20-38(67)68)46(73)59-33(18-25(3)4)45(72)60-34(19-29-21-55-23-56-29)47(74)63-40(27(7)8)50(77)65-41(28(9)10)51(78)79/h21,23-28,30-36,39-41,80H,11-20,22,52-53H2,1-10H3,(H2,54,66)(H,55,56)(H,57,71)(H,58,69)(H,59,73)(H,60,72)(H,61,76)(H,62,70)(H,63,74)(H,64,75)(H,65,77)(H,67,68)(H,78,79)/t30-,31-,32-,33-,34-,35-,36-,39-,40-,41-/m0/s1. The van der Waals surface area contributed by atoms with E-state index < -0.39 is 156 Å². The number of hydrogen-bond donors (Lipinski definition) is 16. The summed E-state index contributed by atoms with van der Waals surface area (Å²) in [6.45, 7) is 16.9.